The minimum absolute atomic E-state index is 0.192. The number of aromatic nitrogens is 2. The Morgan fingerprint density at radius 2 is 1.88 bits per heavy atom. The third kappa shape index (κ3) is 2.47. The van der Waals surface area contributed by atoms with Crippen LogP contribution in [0.15, 0.2) is 22.1 Å². The van der Waals surface area contributed by atoms with Crippen LogP contribution in [0.3, 0.4) is 0 Å². The smallest absolute Gasteiger partial charge is 0.255 e. The molecule has 1 aromatic rings. The van der Waals surface area contributed by atoms with Crippen molar-refractivity contribution in [3.8, 4) is 5.88 Å². The van der Waals surface area contributed by atoms with E-state index in [4.69, 9.17) is 15.2 Å². The fourth-order valence-electron chi connectivity index (χ4n) is 4.80. The largest absolute Gasteiger partial charge is 0.493 e. The Balaban J connectivity index is 1.79. The predicted molar refractivity (Wildman–Crippen MR) is 91.5 cm³/mol. The summed E-state index contributed by atoms with van der Waals surface area (Å²) in [6.45, 7) is 1.06. The highest BCUT2D eigenvalue weighted by Crippen LogP contribution is 2.57. The van der Waals surface area contributed by atoms with Gasteiger partial charge in [-0.1, -0.05) is 6.42 Å². The Hall–Kier alpha value is -2.19. The van der Waals surface area contributed by atoms with Crippen LogP contribution in [0.5, 0.6) is 5.88 Å². The summed E-state index contributed by atoms with van der Waals surface area (Å²) in [7, 11) is 0. The van der Waals surface area contributed by atoms with Crippen LogP contribution < -0.4 is 11.3 Å². The lowest BCUT2D eigenvalue weighted by Crippen LogP contribution is -2.56. The van der Waals surface area contributed by atoms with Crippen LogP contribution in [-0.2, 0) is 9.47 Å². The molecular weight excluding hydrogens is 338 g/mol. The van der Waals surface area contributed by atoms with Crippen molar-refractivity contribution in [2.45, 2.75) is 50.7 Å². The molecule has 1 saturated heterocycles. The fraction of sp³-hybridized carbons (Fsp3) is 0.611. The normalized spacial score (nSPS) is 28.0. The van der Waals surface area contributed by atoms with Gasteiger partial charge >= 0.3 is 0 Å². The van der Waals surface area contributed by atoms with Crippen molar-refractivity contribution in [3.63, 3.8) is 0 Å². The summed E-state index contributed by atoms with van der Waals surface area (Å²) in [5, 5.41) is 9.55. The lowest BCUT2D eigenvalue weighted by Gasteiger charge is -2.52. The highest BCUT2D eigenvalue weighted by molar-refractivity contribution is 6.06. The lowest BCUT2D eigenvalue weighted by molar-refractivity contribution is -0.248. The summed E-state index contributed by atoms with van der Waals surface area (Å²) in [5.41, 5.74) is 6.39. The highest BCUT2D eigenvalue weighted by Gasteiger charge is 2.59. The summed E-state index contributed by atoms with van der Waals surface area (Å²) >= 11 is 0. The number of carbonyl (C=O) groups excluding carboxylic acids is 1. The molecule has 3 aliphatic rings. The van der Waals surface area contributed by atoms with Gasteiger partial charge in [0.15, 0.2) is 11.6 Å². The third-order valence-electron chi connectivity index (χ3n) is 5.93. The zero-order valence-corrected chi connectivity index (χ0v) is 14.5. The molecule has 2 spiro atoms. The van der Waals surface area contributed by atoms with Gasteiger partial charge in [0, 0.05) is 17.7 Å². The number of nitrogens with two attached hydrogens (primary N) is 1. The van der Waals surface area contributed by atoms with E-state index >= 15 is 0 Å². The average Bonchev–Trinajstić information content (AvgIpc) is 3.08. The Kier molecular flexibility index (Phi) is 4.11. The first kappa shape index (κ1) is 17.2. The van der Waals surface area contributed by atoms with E-state index in [2.05, 4.69) is 9.97 Å². The summed E-state index contributed by atoms with van der Waals surface area (Å²) in [6.07, 6.45) is 5.65. The topological polar surface area (TPSA) is 128 Å². The molecular formula is C18H23N3O5. The van der Waals surface area contributed by atoms with Crippen molar-refractivity contribution < 1.29 is 19.4 Å². The van der Waals surface area contributed by atoms with E-state index in [-0.39, 0.29) is 5.82 Å². The van der Waals surface area contributed by atoms with E-state index in [9.17, 15) is 14.7 Å². The summed E-state index contributed by atoms with van der Waals surface area (Å²) in [6, 6.07) is 0.924. The van der Waals surface area contributed by atoms with Crippen molar-refractivity contribution in [2.24, 2.45) is 11.1 Å². The Morgan fingerprint density at radius 3 is 2.62 bits per heavy atom. The van der Waals surface area contributed by atoms with Gasteiger partial charge < -0.3 is 25.3 Å². The molecule has 1 aromatic heterocycles. The van der Waals surface area contributed by atoms with Crippen LogP contribution in [0, 0.1) is 5.41 Å². The van der Waals surface area contributed by atoms with Crippen LogP contribution >= 0.6 is 0 Å². The molecule has 1 saturated carbocycles. The van der Waals surface area contributed by atoms with Crippen molar-refractivity contribution in [2.75, 3.05) is 13.2 Å². The first-order valence-corrected chi connectivity index (χ1v) is 9.09. The molecule has 0 bridgehead atoms. The number of rotatable bonds is 2. The maximum atomic E-state index is 13.0. The van der Waals surface area contributed by atoms with E-state index in [1.165, 1.54) is 0 Å². The number of H-pyrrole nitrogens is 1. The molecule has 4 rings (SSSR count). The average molecular weight is 361 g/mol. The van der Waals surface area contributed by atoms with Crippen molar-refractivity contribution >= 4 is 5.78 Å². The van der Waals surface area contributed by atoms with Crippen LogP contribution in [0.1, 0.15) is 55.6 Å². The molecule has 140 valence electrons. The zero-order valence-electron chi connectivity index (χ0n) is 14.5. The van der Waals surface area contributed by atoms with Gasteiger partial charge in [-0.3, -0.25) is 9.59 Å². The predicted octanol–water partition coefficient (Wildman–Crippen LogP) is 1.36. The van der Waals surface area contributed by atoms with Gasteiger partial charge in [0.25, 0.3) is 5.56 Å². The Labute approximate surface area is 150 Å². The molecule has 2 fully saturated rings. The molecule has 1 aliphatic heterocycles. The maximum absolute atomic E-state index is 13.0. The van der Waals surface area contributed by atoms with E-state index in [1.54, 1.807) is 0 Å². The highest BCUT2D eigenvalue weighted by atomic mass is 16.7. The molecule has 1 atom stereocenters. The number of hydrogen-bond acceptors (Lipinski definition) is 7. The van der Waals surface area contributed by atoms with Gasteiger partial charge in [0.05, 0.1) is 24.7 Å². The molecule has 0 unspecified atom stereocenters. The molecule has 2 heterocycles. The maximum Gasteiger partial charge on any atom is 0.255 e. The van der Waals surface area contributed by atoms with Gasteiger partial charge in [-0.25, -0.2) is 0 Å². The van der Waals surface area contributed by atoms with E-state index < -0.39 is 28.4 Å². The molecule has 0 aromatic carbocycles. The van der Waals surface area contributed by atoms with Crippen molar-refractivity contribution in [1.29, 1.82) is 0 Å². The second-order valence-corrected chi connectivity index (χ2v) is 7.27. The first-order valence-electron chi connectivity index (χ1n) is 9.09. The van der Waals surface area contributed by atoms with Crippen LogP contribution in [0.2, 0.25) is 0 Å². The zero-order chi connectivity index (χ0) is 18.4. The molecule has 8 nitrogen and oxygen atoms in total. The van der Waals surface area contributed by atoms with Crippen LogP contribution in [-0.4, -0.2) is 39.9 Å². The number of nitrogens with one attached hydrogen (secondary N) is 1. The summed E-state index contributed by atoms with van der Waals surface area (Å²) in [5.74, 6) is -1.89. The number of hydrogen-bond donors (Lipinski definition) is 3. The van der Waals surface area contributed by atoms with E-state index in [1.807, 2.05) is 0 Å². The van der Waals surface area contributed by atoms with Gasteiger partial charge in [-0.05, 0) is 32.1 Å². The molecule has 0 radical (unpaired) electrons. The first-order chi connectivity index (χ1) is 12.5. The van der Waals surface area contributed by atoms with Crippen LogP contribution in [0.4, 0.5) is 0 Å². The molecule has 4 N–H and O–H groups in total. The fourth-order valence-corrected chi connectivity index (χ4v) is 4.80. The number of allylic oxidation sites excluding steroid dienone is 1. The van der Waals surface area contributed by atoms with Crippen molar-refractivity contribution in [1.82, 2.24) is 9.97 Å². The Bertz CT molecular complexity index is 824. The monoisotopic (exact) mass is 361 g/mol. The standard InChI is InChI=1S/C18H23N3O5/c19-15-11(14(24)16-20-12(22)10-13(23)21-16)4-3-6-17(15)5-1-2-7-18(17)25-8-9-26-18/h10H,1-9,19H2,(H2,20,21,22,23)/t17-/m0/s1. The number of Topliss-reactive ketones (excluding diaryl/α,β-unsaturated/α-hetero) is 1. The number of aromatic amines is 1. The number of ether oxygens (including phenoxy) is 2. The van der Waals surface area contributed by atoms with Gasteiger partial charge in [-0.2, -0.15) is 4.98 Å². The van der Waals surface area contributed by atoms with Gasteiger partial charge in [0.2, 0.25) is 11.7 Å². The molecule has 26 heavy (non-hydrogen) atoms. The number of carbonyl (C=O) groups is 1. The quantitative estimate of drug-likeness (QED) is 0.679. The summed E-state index contributed by atoms with van der Waals surface area (Å²) < 4.78 is 12.1. The Morgan fingerprint density at radius 1 is 1.19 bits per heavy atom. The summed E-state index contributed by atoms with van der Waals surface area (Å²) in [4.78, 5) is 30.7. The van der Waals surface area contributed by atoms with Crippen molar-refractivity contribution in [3.05, 3.63) is 33.5 Å². The second kappa shape index (κ2) is 6.21. The van der Waals surface area contributed by atoms with Gasteiger partial charge in [0.1, 0.15) is 0 Å². The number of ketones is 1. The van der Waals surface area contributed by atoms with E-state index in [0.717, 1.165) is 44.6 Å². The van der Waals surface area contributed by atoms with Crippen LogP contribution in [0.25, 0.3) is 0 Å². The third-order valence-corrected chi connectivity index (χ3v) is 5.93. The molecule has 2 aliphatic carbocycles. The minimum atomic E-state index is -0.763. The number of nitrogens with zero attached hydrogens (tertiary/aromatic N) is 1. The molecule has 0 amide bonds. The molecule has 8 heteroatoms. The lowest BCUT2D eigenvalue weighted by atomic mass is 9.61. The second-order valence-electron chi connectivity index (χ2n) is 7.27. The van der Waals surface area contributed by atoms with Gasteiger partial charge in [-0.15, -0.1) is 0 Å². The number of fused-ring (bicyclic) bond motifs is 1. The SMILES string of the molecule is NC1=C(C(=O)c2nc(O)cc(=O)[nH]2)CCC[C@@]12CCCCC21OCCO1. The van der Waals surface area contributed by atoms with E-state index in [0.29, 0.717) is 30.9 Å². The number of aromatic hydroxyl groups is 1. The minimum Gasteiger partial charge on any atom is -0.493 e.